The summed E-state index contributed by atoms with van der Waals surface area (Å²) in [6.45, 7) is 11.7. The Kier molecular flexibility index (Phi) is 17.9. The number of aliphatic hydroxyl groups is 1. The molecule has 20 heteroatoms. The van der Waals surface area contributed by atoms with Gasteiger partial charge in [-0.3, -0.25) is 33.3 Å². The second-order valence-electron chi connectivity index (χ2n) is 18.3. The summed E-state index contributed by atoms with van der Waals surface area (Å²) in [6, 6.07) is 11.3. The molecule has 1 aromatic carbocycles. The molecule has 2 aliphatic heterocycles. The number of anilines is 3. The number of aromatic nitrogens is 4. The van der Waals surface area contributed by atoms with Gasteiger partial charge in [0.15, 0.2) is 0 Å². The average molecular weight is 957 g/mol. The minimum Gasteiger partial charge on any atom is -0.391 e. The summed E-state index contributed by atoms with van der Waals surface area (Å²) in [5.74, 6) is 0.0848. The molecule has 1 atom stereocenters. The number of hydrogen-bond acceptors (Lipinski definition) is 14. The van der Waals surface area contributed by atoms with Crippen LogP contribution in [-0.4, -0.2) is 112 Å². The normalized spacial score (nSPS) is 17.0. The zero-order valence-electron chi connectivity index (χ0n) is 39.5. The maximum Gasteiger partial charge on any atom is 0.276 e. The molecular formula is C48H64N10O9S. The fraction of sp³-hybridized carbons (Fsp3) is 0.521. The summed E-state index contributed by atoms with van der Waals surface area (Å²) in [5, 5.41) is 23.5. The number of thiazole rings is 1. The minimum atomic E-state index is -0.717. The van der Waals surface area contributed by atoms with E-state index in [0.717, 1.165) is 42.9 Å². The van der Waals surface area contributed by atoms with Crippen LogP contribution in [0.4, 0.5) is 17.3 Å². The summed E-state index contributed by atoms with van der Waals surface area (Å²) in [4.78, 5) is 88.5. The van der Waals surface area contributed by atoms with E-state index in [2.05, 4.69) is 74.4 Å². The lowest BCUT2D eigenvalue weighted by molar-refractivity contribution is -0.132. The Morgan fingerprint density at radius 2 is 1.63 bits per heavy atom. The standard InChI is InChI=1S/C32H42N8O8.C12H12N2OS.C4H10/c1-20-14-22(30(46)40-28(20)29(45)38-32(40)8-6-31(4-5-31)7-9-32)36-23-15-24(35-19-34-23)37-26(43)18-48-13-12-47-11-3-25(42)33-16-27(44)39-10-2-21(41)17-39;1-9-12(16-8-14-9)11-4-2-10(3-5-11)6-13-7-15;1-4(2)3/h14-15,19,21,41H,2-13,16-18H2,1H3,(H,33,42)(H,38,45)(H2,34,35,36,37,43);2-5,7-8H,6H2,1H3,(H,13,15);4H,1-3H3. The third kappa shape index (κ3) is 14.0. The van der Waals surface area contributed by atoms with E-state index in [-0.39, 0.29) is 80.7 Å². The maximum absolute atomic E-state index is 13.8. The topological polar surface area (TPSA) is 248 Å². The SMILES string of the molecule is CC(C)C.Cc1cc(Nc2cc(NC(=O)COCCOCCC(=O)NCC(=O)N3CCC(O)C3)ncn2)c(=O)n2c1C(=O)NC21CCC2(CC2)CC1.Cc1ncsc1-c1ccc(CNC=O)cc1. The second-order valence-corrected chi connectivity index (χ2v) is 19.2. The van der Waals surface area contributed by atoms with E-state index in [0.29, 0.717) is 48.4 Å². The van der Waals surface area contributed by atoms with E-state index in [1.807, 2.05) is 31.5 Å². The van der Waals surface area contributed by atoms with Crippen LogP contribution in [0.15, 0.2) is 53.0 Å². The highest BCUT2D eigenvalue weighted by molar-refractivity contribution is 7.13. The number of aliphatic hydroxyl groups excluding tert-OH is 1. The average Bonchev–Trinajstić information content (AvgIpc) is 3.54. The predicted octanol–water partition coefficient (Wildman–Crippen LogP) is 4.54. The number of likely N-dealkylation sites (tertiary alicyclic amines) is 1. The number of pyridine rings is 1. The number of carbonyl (C=O) groups is 5. The van der Waals surface area contributed by atoms with E-state index < -0.39 is 17.7 Å². The van der Waals surface area contributed by atoms with Crippen molar-refractivity contribution in [1.82, 2.24) is 40.4 Å². The first kappa shape index (κ1) is 51.3. The van der Waals surface area contributed by atoms with Crippen LogP contribution in [0.1, 0.15) is 99.4 Å². The van der Waals surface area contributed by atoms with Crippen LogP contribution in [0.5, 0.6) is 0 Å². The van der Waals surface area contributed by atoms with E-state index in [9.17, 15) is 33.9 Å². The second kappa shape index (κ2) is 23.8. The van der Waals surface area contributed by atoms with Crippen molar-refractivity contribution < 1.29 is 38.6 Å². The van der Waals surface area contributed by atoms with Gasteiger partial charge in [-0.2, -0.15) is 0 Å². The van der Waals surface area contributed by atoms with Gasteiger partial charge in [0.1, 0.15) is 41.6 Å². The smallest absolute Gasteiger partial charge is 0.276 e. The van der Waals surface area contributed by atoms with E-state index in [4.69, 9.17) is 9.47 Å². The quantitative estimate of drug-likeness (QED) is 0.0630. The van der Waals surface area contributed by atoms with E-state index in [1.165, 1.54) is 40.6 Å². The molecule has 6 N–H and O–H groups in total. The van der Waals surface area contributed by atoms with Gasteiger partial charge in [0.2, 0.25) is 18.2 Å². The first-order chi connectivity index (χ1) is 32.6. The monoisotopic (exact) mass is 956 g/mol. The van der Waals surface area contributed by atoms with E-state index in [1.54, 1.807) is 22.0 Å². The van der Waals surface area contributed by atoms with Crippen LogP contribution in [0.2, 0.25) is 0 Å². The molecule has 366 valence electrons. The van der Waals surface area contributed by atoms with Crippen LogP contribution in [0.3, 0.4) is 0 Å². The number of β-amino-alcohol motifs (C(OH)–C–C–N with tert-alkyl or cyclic N) is 1. The first-order valence-corrected chi connectivity index (χ1v) is 24.0. The number of carbonyl (C=O) groups excluding carboxylic acids is 5. The van der Waals surface area contributed by atoms with Gasteiger partial charge in [-0.25, -0.2) is 15.0 Å². The molecule has 1 saturated heterocycles. The highest BCUT2D eigenvalue weighted by atomic mass is 32.1. The Hall–Kier alpha value is -6.09. The molecule has 0 radical (unpaired) electrons. The molecule has 4 aliphatic rings. The van der Waals surface area contributed by atoms with Crippen molar-refractivity contribution in [2.24, 2.45) is 11.3 Å². The number of amides is 5. The first-order valence-electron chi connectivity index (χ1n) is 23.1. The molecule has 2 saturated carbocycles. The molecule has 5 amide bonds. The molecule has 19 nitrogen and oxygen atoms in total. The van der Waals surface area contributed by atoms with Crippen molar-refractivity contribution in [3.8, 4) is 10.4 Å². The van der Waals surface area contributed by atoms with Crippen molar-refractivity contribution in [3.63, 3.8) is 0 Å². The maximum atomic E-state index is 13.8. The summed E-state index contributed by atoms with van der Waals surface area (Å²) < 4.78 is 12.4. The molecule has 4 aromatic rings. The van der Waals surface area contributed by atoms with Crippen molar-refractivity contribution in [2.45, 2.75) is 104 Å². The van der Waals surface area contributed by atoms with Gasteiger partial charge in [0, 0.05) is 32.1 Å². The molecule has 68 heavy (non-hydrogen) atoms. The summed E-state index contributed by atoms with van der Waals surface area (Å²) in [5.41, 5.74) is 5.89. The molecular weight excluding hydrogens is 893 g/mol. The molecule has 1 unspecified atom stereocenters. The molecule has 3 fully saturated rings. The van der Waals surface area contributed by atoms with E-state index >= 15 is 0 Å². The van der Waals surface area contributed by atoms with Crippen LogP contribution in [0, 0.1) is 25.2 Å². The number of benzene rings is 1. The van der Waals surface area contributed by atoms with Crippen molar-refractivity contribution in [1.29, 1.82) is 0 Å². The molecule has 2 spiro atoms. The van der Waals surface area contributed by atoms with Gasteiger partial charge in [0.05, 0.1) is 48.6 Å². The highest BCUT2D eigenvalue weighted by Crippen LogP contribution is 2.59. The molecule has 5 heterocycles. The van der Waals surface area contributed by atoms with Crippen LogP contribution < -0.4 is 32.1 Å². The Labute approximate surface area is 400 Å². The third-order valence-electron chi connectivity index (χ3n) is 12.1. The number of nitrogens with zero attached hydrogens (tertiary/aromatic N) is 5. The van der Waals surface area contributed by atoms with Crippen molar-refractivity contribution in [3.05, 3.63) is 81.1 Å². The van der Waals surface area contributed by atoms with Crippen LogP contribution in [0.25, 0.3) is 10.4 Å². The van der Waals surface area contributed by atoms with Gasteiger partial charge in [-0.1, -0.05) is 45.0 Å². The Morgan fingerprint density at radius 1 is 0.941 bits per heavy atom. The van der Waals surface area contributed by atoms with Gasteiger partial charge in [-0.05, 0) is 92.9 Å². The van der Waals surface area contributed by atoms with Crippen LogP contribution >= 0.6 is 11.3 Å². The summed E-state index contributed by atoms with van der Waals surface area (Å²) in [6.07, 6.45) is 7.91. The lowest BCUT2D eigenvalue weighted by Gasteiger charge is -2.39. The zero-order chi connectivity index (χ0) is 48.8. The van der Waals surface area contributed by atoms with Crippen LogP contribution in [-0.2, 0) is 40.9 Å². The molecule has 8 rings (SSSR count). The number of fused-ring (bicyclic) bond motifs is 2. The fourth-order valence-electron chi connectivity index (χ4n) is 8.28. The largest absolute Gasteiger partial charge is 0.391 e. The Morgan fingerprint density at radius 3 is 2.28 bits per heavy atom. The number of rotatable bonds is 17. The number of aryl methyl sites for hydroxylation is 2. The van der Waals surface area contributed by atoms with Gasteiger partial charge < -0.3 is 46.1 Å². The third-order valence-corrected chi connectivity index (χ3v) is 13.0. The van der Waals surface area contributed by atoms with Gasteiger partial charge in [0.25, 0.3) is 17.4 Å². The lowest BCUT2D eigenvalue weighted by atomic mass is 9.79. The lowest BCUT2D eigenvalue weighted by Crippen LogP contribution is -2.50. The fourth-order valence-corrected chi connectivity index (χ4v) is 9.10. The zero-order valence-corrected chi connectivity index (χ0v) is 40.3. The number of ether oxygens (including phenoxy) is 2. The number of hydrogen-bond donors (Lipinski definition) is 6. The predicted molar refractivity (Wildman–Crippen MR) is 257 cm³/mol. The molecule has 0 bridgehead atoms. The van der Waals surface area contributed by atoms with Gasteiger partial charge >= 0.3 is 0 Å². The Balaban J connectivity index is 0.000000315. The Bertz CT molecular complexity index is 2440. The highest BCUT2D eigenvalue weighted by Gasteiger charge is 2.54. The molecule has 3 aromatic heterocycles. The summed E-state index contributed by atoms with van der Waals surface area (Å²) >= 11 is 1.64. The van der Waals surface area contributed by atoms with Crippen molar-refractivity contribution in [2.75, 3.05) is 56.7 Å². The van der Waals surface area contributed by atoms with Gasteiger partial charge in [-0.15, -0.1) is 11.3 Å². The molecule has 2 aliphatic carbocycles. The number of nitrogens with one attached hydrogen (secondary N) is 5. The van der Waals surface area contributed by atoms with Crippen molar-refractivity contribution >= 4 is 58.7 Å². The summed E-state index contributed by atoms with van der Waals surface area (Å²) in [7, 11) is 0. The minimum absolute atomic E-state index is 0.0640.